The van der Waals surface area contributed by atoms with Gasteiger partial charge in [-0.2, -0.15) is 0 Å². The molecule has 22 heavy (non-hydrogen) atoms. The van der Waals surface area contributed by atoms with Gasteiger partial charge in [0.15, 0.2) is 11.6 Å². The number of aliphatic hydroxyl groups is 1. The first-order chi connectivity index (χ1) is 10.7. The molecule has 1 aliphatic rings. The molecular formula is C16H24ClFN2O2. The van der Waals surface area contributed by atoms with Gasteiger partial charge in [0.1, 0.15) is 0 Å². The molecule has 0 aliphatic carbocycles. The third-order valence-electron chi connectivity index (χ3n) is 3.92. The fraction of sp³-hybridized carbons (Fsp3) is 0.625. The van der Waals surface area contributed by atoms with Gasteiger partial charge in [-0.05, 0) is 37.5 Å². The molecule has 0 radical (unpaired) electrons. The molecule has 2 N–H and O–H groups in total. The molecule has 6 heteroatoms. The van der Waals surface area contributed by atoms with Crippen molar-refractivity contribution < 1.29 is 14.2 Å². The maximum Gasteiger partial charge on any atom is 0.173 e. The van der Waals surface area contributed by atoms with Crippen molar-refractivity contribution in [3.8, 4) is 5.75 Å². The second-order valence-corrected chi connectivity index (χ2v) is 5.82. The first kappa shape index (κ1) is 17.5. The van der Waals surface area contributed by atoms with Gasteiger partial charge in [0, 0.05) is 38.8 Å². The summed E-state index contributed by atoms with van der Waals surface area (Å²) in [4.78, 5) is 2.32. The van der Waals surface area contributed by atoms with Gasteiger partial charge in [-0.15, -0.1) is 0 Å². The summed E-state index contributed by atoms with van der Waals surface area (Å²) in [6.07, 6.45) is 1.46. The lowest BCUT2D eigenvalue weighted by Gasteiger charge is -2.35. The predicted octanol–water partition coefficient (Wildman–Crippen LogP) is 2.60. The molecule has 1 aromatic carbocycles. The zero-order valence-corrected chi connectivity index (χ0v) is 13.7. The van der Waals surface area contributed by atoms with Gasteiger partial charge in [0.2, 0.25) is 0 Å². The summed E-state index contributed by atoms with van der Waals surface area (Å²) < 4.78 is 19.5. The highest BCUT2D eigenvalue weighted by atomic mass is 35.5. The van der Waals surface area contributed by atoms with E-state index in [0.717, 1.165) is 38.2 Å². The van der Waals surface area contributed by atoms with Crippen LogP contribution in [0.1, 0.15) is 31.4 Å². The molecule has 2 rings (SSSR count). The topological polar surface area (TPSA) is 44.7 Å². The van der Waals surface area contributed by atoms with E-state index in [1.807, 2.05) is 0 Å². The van der Waals surface area contributed by atoms with Gasteiger partial charge in [0.05, 0.1) is 11.6 Å². The van der Waals surface area contributed by atoms with Crippen molar-refractivity contribution in [1.29, 1.82) is 0 Å². The minimum absolute atomic E-state index is 0.0666. The van der Waals surface area contributed by atoms with Crippen LogP contribution in [0.2, 0.25) is 5.02 Å². The van der Waals surface area contributed by atoms with Gasteiger partial charge in [0.25, 0.3) is 0 Å². The van der Waals surface area contributed by atoms with Crippen molar-refractivity contribution in [2.75, 3.05) is 39.4 Å². The van der Waals surface area contributed by atoms with Crippen LogP contribution in [0.15, 0.2) is 12.1 Å². The Kier molecular flexibility index (Phi) is 6.89. The Morgan fingerprint density at radius 3 is 2.73 bits per heavy atom. The third-order valence-corrected chi connectivity index (χ3v) is 4.20. The Bertz CT molecular complexity index is 458. The molecule has 1 aromatic rings. The van der Waals surface area contributed by atoms with Crippen LogP contribution in [0.3, 0.4) is 0 Å². The van der Waals surface area contributed by atoms with E-state index in [0.29, 0.717) is 18.1 Å². The van der Waals surface area contributed by atoms with E-state index in [1.165, 1.54) is 6.07 Å². The molecular weight excluding hydrogens is 307 g/mol. The van der Waals surface area contributed by atoms with Crippen molar-refractivity contribution >= 4 is 11.6 Å². The Morgan fingerprint density at radius 2 is 2.14 bits per heavy atom. The molecule has 1 fully saturated rings. The van der Waals surface area contributed by atoms with E-state index in [9.17, 15) is 4.39 Å². The molecule has 0 spiro atoms. The predicted molar refractivity (Wildman–Crippen MR) is 86.1 cm³/mol. The van der Waals surface area contributed by atoms with Gasteiger partial charge in [-0.3, -0.25) is 4.90 Å². The number of nitrogens with one attached hydrogen (secondary N) is 1. The molecule has 0 saturated carbocycles. The van der Waals surface area contributed by atoms with E-state index < -0.39 is 5.82 Å². The summed E-state index contributed by atoms with van der Waals surface area (Å²) in [6.45, 7) is 5.96. The second kappa shape index (κ2) is 8.67. The largest absolute Gasteiger partial charge is 0.489 e. The molecule has 0 amide bonds. The maximum atomic E-state index is 14.3. The molecule has 124 valence electrons. The van der Waals surface area contributed by atoms with Gasteiger partial charge >= 0.3 is 0 Å². The number of rotatable bonds is 7. The van der Waals surface area contributed by atoms with Gasteiger partial charge < -0.3 is 15.2 Å². The lowest BCUT2D eigenvalue weighted by molar-refractivity contribution is 0.154. The summed E-state index contributed by atoms with van der Waals surface area (Å²) in [5, 5.41) is 12.8. The Hall–Kier alpha value is -0.880. The van der Waals surface area contributed by atoms with Gasteiger partial charge in [-0.25, -0.2) is 4.39 Å². The maximum absolute atomic E-state index is 14.3. The van der Waals surface area contributed by atoms with Crippen LogP contribution in [0.4, 0.5) is 4.39 Å². The summed E-state index contributed by atoms with van der Waals surface area (Å²) in [5.74, 6) is -0.303. The van der Waals surface area contributed by atoms with Crippen LogP contribution in [0, 0.1) is 5.82 Å². The minimum Gasteiger partial charge on any atom is -0.489 e. The molecule has 1 aliphatic heterocycles. The van der Waals surface area contributed by atoms with Crippen molar-refractivity contribution in [1.82, 2.24) is 10.2 Å². The molecule has 0 aromatic heterocycles. The molecule has 0 bridgehead atoms. The van der Waals surface area contributed by atoms with Crippen LogP contribution in [0.25, 0.3) is 0 Å². The highest BCUT2D eigenvalue weighted by Crippen LogP contribution is 2.35. The summed E-state index contributed by atoms with van der Waals surface area (Å²) >= 11 is 6.19. The number of ether oxygens (including phenoxy) is 1. The van der Waals surface area contributed by atoms with Crippen LogP contribution in [-0.2, 0) is 0 Å². The minimum atomic E-state index is -0.423. The Balaban J connectivity index is 2.25. The summed E-state index contributed by atoms with van der Waals surface area (Å²) in [6, 6.07) is 3.37. The first-order valence-electron chi connectivity index (χ1n) is 7.84. The molecule has 4 nitrogen and oxygen atoms in total. The van der Waals surface area contributed by atoms with Crippen LogP contribution < -0.4 is 10.1 Å². The van der Waals surface area contributed by atoms with E-state index in [4.69, 9.17) is 21.4 Å². The van der Waals surface area contributed by atoms with Crippen LogP contribution >= 0.6 is 11.6 Å². The van der Waals surface area contributed by atoms with Gasteiger partial charge in [-0.1, -0.05) is 11.6 Å². The number of piperazine rings is 1. The average molecular weight is 331 g/mol. The number of halogens is 2. The lowest BCUT2D eigenvalue weighted by atomic mass is 9.99. The zero-order valence-electron chi connectivity index (χ0n) is 12.9. The second-order valence-electron chi connectivity index (χ2n) is 5.41. The summed E-state index contributed by atoms with van der Waals surface area (Å²) in [5.41, 5.74) is 0.848. The SMILES string of the molecule is CCOc1c(F)cc([C@@H](CCCO)N2CCNCC2)cc1Cl. The van der Waals surface area contributed by atoms with E-state index >= 15 is 0 Å². The third kappa shape index (κ3) is 4.32. The smallest absolute Gasteiger partial charge is 0.173 e. The fourth-order valence-electron chi connectivity index (χ4n) is 2.89. The molecule has 1 saturated heterocycles. The fourth-order valence-corrected chi connectivity index (χ4v) is 3.16. The lowest BCUT2D eigenvalue weighted by Crippen LogP contribution is -2.45. The van der Waals surface area contributed by atoms with E-state index in [1.54, 1.807) is 13.0 Å². The number of hydrogen-bond acceptors (Lipinski definition) is 4. The Labute approximate surface area is 136 Å². The van der Waals surface area contributed by atoms with E-state index in [-0.39, 0.29) is 18.4 Å². The first-order valence-corrected chi connectivity index (χ1v) is 8.22. The monoisotopic (exact) mass is 330 g/mol. The quantitative estimate of drug-likeness (QED) is 0.806. The van der Waals surface area contributed by atoms with E-state index in [2.05, 4.69) is 10.2 Å². The zero-order chi connectivity index (χ0) is 15.9. The summed E-state index contributed by atoms with van der Waals surface area (Å²) in [7, 11) is 0. The van der Waals surface area contributed by atoms with Crippen molar-refractivity contribution in [2.45, 2.75) is 25.8 Å². The number of aliphatic hydroxyl groups excluding tert-OH is 1. The number of benzene rings is 1. The highest BCUT2D eigenvalue weighted by Gasteiger charge is 2.24. The van der Waals surface area contributed by atoms with Crippen LogP contribution in [0.5, 0.6) is 5.75 Å². The standard InChI is InChI=1S/C16H24ClFN2O2/c1-2-22-16-13(17)10-12(11-14(16)18)15(4-3-9-21)20-7-5-19-6-8-20/h10-11,15,19,21H,2-9H2,1H3/t15-/m1/s1. The molecule has 0 unspecified atom stereocenters. The van der Waals surface area contributed by atoms with Crippen LogP contribution in [-0.4, -0.2) is 49.4 Å². The highest BCUT2D eigenvalue weighted by molar-refractivity contribution is 6.32. The van der Waals surface area contributed by atoms with Crippen molar-refractivity contribution in [3.05, 3.63) is 28.5 Å². The van der Waals surface area contributed by atoms with Crippen molar-refractivity contribution in [2.24, 2.45) is 0 Å². The Morgan fingerprint density at radius 1 is 1.41 bits per heavy atom. The number of nitrogens with zero attached hydrogens (tertiary/aromatic N) is 1. The number of hydrogen-bond donors (Lipinski definition) is 2. The average Bonchev–Trinajstić information content (AvgIpc) is 2.52. The molecule has 1 atom stereocenters. The molecule has 1 heterocycles. The van der Waals surface area contributed by atoms with Crippen molar-refractivity contribution in [3.63, 3.8) is 0 Å². The normalized spacial score (nSPS) is 17.5.